The van der Waals surface area contributed by atoms with Gasteiger partial charge >= 0.3 is 0 Å². The van der Waals surface area contributed by atoms with E-state index in [1.165, 1.54) is 12.1 Å². The number of halogens is 1. The van der Waals surface area contributed by atoms with Gasteiger partial charge in [0.1, 0.15) is 22.8 Å². The van der Waals surface area contributed by atoms with E-state index in [-0.39, 0.29) is 5.82 Å². The number of nitrogens with zero attached hydrogens (tertiary/aromatic N) is 5. The molecule has 0 amide bonds. The summed E-state index contributed by atoms with van der Waals surface area (Å²) in [6.07, 6.45) is 6.86. The third-order valence-corrected chi connectivity index (χ3v) is 5.44. The minimum atomic E-state index is -0.300. The van der Waals surface area contributed by atoms with E-state index in [0.717, 1.165) is 27.6 Å². The first kappa shape index (κ1) is 19.1. The average molecular weight is 437 g/mol. The van der Waals surface area contributed by atoms with E-state index in [4.69, 9.17) is 9.72 Å². The molecular weight excluding hydrogens is 421 g/mol. The van der Waals surface area contributed by atoms with Crippen molar-refractivity contribution in [3.63, 3.8) is 0 Å². The van der Waals surface area contributed by atoms with E-state index >= 15 is 0 Å². The molecule has 0 saturated heterocycles. The maximum atomic E-state index is 13.4. The minimum Gasteiger partial charge on any atom is -0.495 e. The fraction of sp³-hybridized carbons (Fsp3) is 0.0417. The van der Waals surface area contributed by atoms with Crippen LogP contribution >= 0.6 is 0 Å². The zero-order chi connectivity index (χ0) is 22.4. The molecule has 5 heterocycles. The molecule has 0 aliphatic carbocycles. The normalized spacial score (nSPS) is 11.3. The van der Waals surface area contributed by atoms with Gasteiger partial charge < -0.3 is 9.72 Å². The second-order valence-electron chi connectivity index (χ2n) is 7.45. The van der Waals surface area contributed by atoms with Crippen LogP contribution in [0.3, 0.4) is 0 Å². The SMILES string of the molecule is COc1cncc(-c2cnc3[nH]nc(-c4nc5c(-c6ccc(F)cc6)nccc5[nH]4)c3c2)c1. The highest BCUT2D eigenvalue weighted by atomic mass is 19.1. The van der Waals surface area contributed by atoms with Crippen molar-refractivity contribution in [1.29, 1.82) is 0 Å². The first-order valence-electron chi connectivity index (χ1n) is 10.1. The van der Waals surface area contributed by atoms with E-state index in [9.17, 15) is 4.39 Å². The fourth-order valence-corrected chi connectivity index (χ4v) is 3.80. The number of methoxy groups -OCH3 is 1. The van der Waals surface area contributed by atoms with Gasteiger partial charge in [-0.15, -0.1) is 0 Å². The number of fused-ring (bicyclic) bond motifs is 2. The monoisotopic (exact) mass is 437 g/mol. The quantitative estimate of drug-likeness (QED) is 0.411. The summed E-state index contributed by atoms with van der Waals surface area (Å²) in [5.74, 6) is 0.944. The molecule has 6 rings (SSSR count). The number of aromatic amines is 2. The van der Waals surface area contributed by atoms with Crippen molar-refractivity contribution in [2.45, 2.75) is 0 Å². The molecule has 2 N–H and O–H groups in total. The summed E-state index contributed by atoms with van der Waals surface area (Å²) in [4.78, 5) is 21.3. The molecule has 1 aromatic carbocycles. The third kappa shape index (κ3) is 3.26. The van der Waals surface area contributed by atoms with E-state index in [1.807, 2.05) is 18.2 Å². The lowest BCUT2D eigenvalue weighted by Crippen LogP contribution is -1.88. The Labute approximate surface area is 186 Å². The smallest absolute Gasteiger partial charge is 0.159 e. The molecule has 8 nitrogen and oxygen atoms in total. The summed E-state index contributed by atoms with van der Waals surface area (Å²) in [5.41, 5.74) is 5.95. The van der Waals surface area contributed by atoms with Gasteiger partial charge in [0.05, 0.1) is 29.9 Å². The summed E-state index contributed by atoms with van der Waals surface area (Å²) in [7, 11) is 1.60. The Bertz CT molecular complexity index is 1620. The predicted molar refractivity (Wildman–Crippen MR) is 122 cm³/mol. The largest absolute Gasteiger partial charge is 0.495 e. The van der Waals surface area contributed by atoms with Crippen molar-refractivity contribution in [2.24, 2.45) is 0 Å². The number of nitrogens with one attached hydrogen (secondary N) is 2. The summed E-state index contributed by atoms with van der Waals surface area (Å²) < 4.78 is 18.7. The van der Waals surface area contributed by atoms with Crippen molar-refractivity contribution in [3.8, 4) is 39.7 Å². The molecule has 160 valence electrons. The molecule has 0 saturated carbocycles. The molecule has 6 aromatic rings. The van der Waals surface area contributed by atoms with Gasteiger partial charge in [0.2, 0.25) is 0 Å². The number of imidazole rings is 1. The van der Waals surface area contributed by atoms with Crippen molar-refractivity contribution < 1.29 is 9.13 Å². The van der Waals surface area contributed by atoms with Gasteiger partial charge in [-0.05, 0) is 42.5 Å². The van der Waals surface area contributed by atoms with Crippen LogP contribution in [0.25, 0.3) is 56.0 Å². The third-order valence-electron chi connectivity index (χ3n) is 5.44. The second kappa shape index (κ2) is 7.49. The molecule has 0 bridgehead atoms. The van der Waals surface area contributed by atoms with Crippen LogP contribution < -0.4 is 4.74 Å². The van der Waals surface area contributed by atoms with Crippen LogP contribution in [-0.2, 0) is 0 Å². The Balaban J connectivity index is 1.48. The number of pyridine rings is 3. The predicted octanol–water partition coefficient (Wildman–Crippen LogP) is 4.77. The fourth-order valence-electron chi connectivity index (χ4n) is 3.80. The highest BCUT2D eigenvalue weighted by Crippen LogP contribution is 2.32. The van der Waals surface area contributed by atoms with Crippen LogP contribution in [0.2, 0.25) is 0 Å². The molecular formula is C24H16FN7O. The lowest BCUT2D eigenvalue weighted by atomic mass is 10.1. The standard InChI is InChI=1S/C24H16FN7O/c1-33-17-8-14(10-26-12-17)15-9-18-21(31-32-23(18)28-11-15)24-29-19-6-7-27-20(22(19)30-24)13-2-4-16(25)5-3-13/h2-12H,1H3,(H,29,30)(H,28,31,32). The lowest BCUT2D eigenvalue weighted by Gasteiger charge is -2.04. The summed E-state index contributed by atoms with van der Waals surface area (Å²) in [5, 5.41) is 8.23. The van der Waals surface area contributed by atoms with Crippen molar-refractivity contribution in [2.75, 3.05) is 7.11 Å². The Morgan fingerprint density at radius 1 is 0.879 bits per heavy atom. The Hall–Kier alpha value is -4.66. The molecule has 0 atom stereocenters. The highest BCUT2D eigenvalue weighted by molar-refractivity contribution is 5.96. The summed E-state index contributed by atoms with van der Waals surface area (Å²) in [6, 6.07) is 11.9. The zero-order valence-corrected chi connectivity index (χ0v) is 17.4. The number of aromatic nitrogens is 7. The Kier molecular flexibility index (Phi) is 4.32. The molecule has 9 heteroatoms. The molecule has 5 aromatic heterocycles. The maximum Gasteiger partial charge on any atom is 0.159 e. The summed E-state index contributed by atoms with van der Waals surface area (Å²) in [6.45, 7) is 0. The van der Waals surface area contributed by atoms with Crippen LogP contribution in [0, 0.1) is 5.82 Å². The van der Waals surface area contributed by atoms with Gasteiger partial charge in [0.15, 0.2) is 11.5 Å². The maximum absolute atomic E-state index is 13.4. The number of ether oxygens (including phenoxy) is 1. The topological polar surface area (TPSA) is 105 Å². The highest BCUT2D eigenvalue weighted by Gasteiger charge is 2.17. The Morgan fingerprint density at radius 2 is 1.73 bits per heavy atom. The van der Waals surface area contributed by atoms with E-state index < -0.39 is 0 Å². The average Bonchev–Trinajstić information content (AvgIpc) is 3.48. The molecule has 0 aliphatic rings. The van der Waals surface area contributed by atoms with Gasteiger partial charge in [-0.25, -0.2) is 14.4 Å². The number of H-pyrrole nitrogens is 2. The number of hydrogen-bond acceptors (Lipinski definition) is 6. The number of benzene rings is 1. The zero-order valence-electron chi connectivity index (χ0n) is 17.4. The first-order valence-corrected chi connectivity index (χ1v) is 10.1. The van der Waals surface area contributed by atoms with E-state index in [0.29, 0.717) is 34.1 Å². The van der Waals surface area contributed by atoms with Crippen molar-refractivity contribution >= 4 is 22.1 Å². The van der Waals surface area contributed by atoms with Gasteiger partial charge in [0, 0.05) is 35.3 Å². The molecule has 0 spiro atoms. The molecule has 0 fully saturated rings. The van der Waals surface area contributed by atoms with Crippen LogP contribution in [0.15, 0.2) is 67.3 Å². The second-order valence-corrected chi connectivity index (χ2v) is 7.45. The minimum absolute atomic E-state index is 0.300. The molecule has 0 radical (unpaired) electrons. The Morgan fingerprint density at radius 3 is 2.58 bits per heavy atom. The molecule has 0 unspecified atom stereocenters. The van der Waals surface area contributed by atoms with Crippen LogP contribution in [-0.4, -0.2) is 42.2 Å². The molecule has 0 aliphatic heterocycles. The first-order chi connectivity index (χ1) is 16.2. The van der Waals surface area contributed by atoms with Crippen molar-refractivity contribution in [3.05, 3.63) is 73.1 Å². The lowest BCUT2D eigenvalue weighted by molar-refractivity contribution is 0.413. The summed E-state index contributed by atoms with van der Waals surface area (Å²) >= 11 is 0. The van der Waals surface area contributed by atoms with Crippen LogP contribution in [0.1, 0.15) is 0 Å². The van der Waals surface area contributed by atoms with E-state index in [1.54, 1.807) is 44.0 Å². The number of rotatable bonds is 4. The van der Waals surface area contributed by atoms with Crippen molar-refractivity contribution in [1.82, 2.24) is 35.1 Å². The van der Waals surface area contributed by atoms with Gasteiger partial charge in [-0.2, -0.15) is 5.10 Å². The van der Waals surface area contributed by atoms with Crippen LogP contribution in [0.4, 0.5) is 4.39 Å². The van der Waals surface area contributed by atoms with E-state index in [2.05, 4.69) is 30.1 Å². The van der Waals surface area contributed by atoms with Crippen LogP contribution in [0.5, 0.6) is 5.75 Å². The van der Waals surface area contributed by atoms with Gasteiger partial charge in [0.25, 0.3) is 0 Å². The molecule has 33 heavy (non-hydrogen) atoms. The van der Waals surface area contributed by atoms with Gasteiger partial charge in [-0.3, -0.25) is 15.1 Å². The van der Waals surface area contributed by atoms with Gasteiger partial charge in [-0.1, -0.05) is 0 Å². The number of hydrogen-bond donors (Lipinski definition) is 2.